The van der Waals surface area contributed by atoms with Crippen molar-refractivity contribution in [2.24, 2.45) is 0 Å². The van der Waals surface area contributed by atoms with Gasteiger partial charge < -0.3 is 24.3 Å². The molecule has 3 heterocycles. The van der Waals surface area contributed by atoms with Crippen molar-refractivity contribution in [3.8, 4) is 11.5 Å². The first-order valence-electron chi connectivity index (χ1n) is 10.0. The quantitative estimate of drug-likeness (QED) is 0.837. The molecule has 0 bridgehead atoms. The van der Waals surface area contributed by atoms with Crippen LogP contribution in [0.1, 0.15) is 52.5 Å². The van der Waals surface area contributed by atoms with Crippen molar-refractivity contribution in [2.45, 2.75) is 38.6 Å². The first-order chi connectivity index (χ1) is 14.1. The lowest BCUT2D eigenvalue weighted by molar-refractivity contribution is 0.0774. The molecule has 8 heteroatoms. The maximum atomic E-state index is 13.1. The summed E-state index contributed by atoms with van der Waals surface area (Å²) in [7, 11) is 3.11. The normalized spacial score (nSPS) is 15.7. The third-order valence-electron chi connectivity index (χ3n) is 5.57. The second-order valence-electron chi connectivity index (χ2n) is 7.36. The lowest BCUT2D eigenvalue weighted by atomic mass is 10.1. The van der Waals surface area contributed by atoms with Crippen LogP contribution in [0.3, 0.4) is 0 Å². The van der Waals surface area contributed by atoms with Gasteiger partial charge in [-0.1, -0.05) is 0 Å². The summed E-state index contributed by atoms with van der Waals surface area (Å²) >= 11 is 0. The smallest absolute Gasteiger partial charge is 0.289 e. The molecule has 1 aromatic heterocycles. The fourth-order valence-electron chi connectivity index (χ4n) is 4.04. The highest BCUT2D eigenvalue weighted by Crippen LogP contribution is 2.30. The van der Waals surface area contributed by atoms with Crippen molar-refractivity contribution in [1.29, 1.82) is 0 Å². The molecule has 1 fully saturated rings. The van der Waals surface area contributed by atoms with Crippen LogP contribution in [0, 0.1) is 0 Å². The Morgan fingerprint density at radius 3 is 2.52 bits per heavy atom. The van der Waals surface area contributed by atoms with Crippen LogP contribution in [-0.4, -0.2) is 53.6 Å². The first kappa shape index (κ1) is 19.3. The van der Waals surface area contributed by atoms with Crippen LogP contribution in [-0.2, 0) is 13.0 Å². The average Bonchev–Trinajstić information content (AvgIpc) is 3.41. The van der Waals surface area contributed by atoms with Gasteiger partial charge in [0.15, 0.2) is 11.5 Å². The second kappa shape index (κ2) is 8.14. The number of benzene rings is 1. The van der Waals surface area contributed by atoms with E-state index < -0.39 is 0 Å². The van der Waals surface area contributed by atoms with E-state index >= 15 is 0 Å². The first-order valence-corrected chi connectivity index (χ1v) is 10.0. The van der Waals surface area contributed by atoms with Crippen molar-refractivity contribution < 1.29 is 19.1 Å². The zero-order valence-electron chi connectivity index (χ0n) is 16.9. The number of aromatic nitrogens is 2. The Balaban J connectivity index is 1.66. The van der Waals surface area contributed by atoms with Crippen LogP contribution in [0.5, 0.6) is 11.5 Å². The van der Waals surface area contributed by atoms with E-state index in [0.29, 0.717) is 35.2 Å². The van der Waals surface area contributed by atoms with Crippen LogP contribution in [0.4, 0.5) is 5.69 Å². The zero-order valence-corrected chi connectivity index (χ0v) is 16.9. The number of anilines is 1. The number of ether oxygens (including phenoxy) is 2. The summed E-state index contributed by atoms with van der Waals surface area (Å²) in [5.74, 6) is 1.09. The molecule has 1 aromatic carbocycles. The number of likely N-dealkylation sites (tertiary alicyclic amines) is 1. The molecule has 0 aliphatic carbocycles. The highest BCUT2D eigenvalue weighted by Gasteiger charge is 2.31. The number of carbonyl (C=O) groups is 2. The molecule has 2 aromatic rings. The molecule has 0 saturated carbocycles. The largest absolute Gasteiger partial charge is 0.497 e. The van der Waals surface area contributed by atoms with Gasteiger partial charge in [-0.25, -0.2) is 4.98 Å². The summed E-state index contributed by atoms with van der Waals surface area (Å²) < 4.78 is 12.5. The standard InChI is InChI=1S/C21H26N4O4/c1-28-14-8-9-17(29-2)15(13-14)22-20(26)18-16-7-3-4-12-25(16)19(23-18)21(27)24-10-5-6-11-24/h8-9,13H,3-7,10-12H2,1-2H3,(H,22,26). The number of nitrogens with zero attached hydrogens (tertiary/aromatic N) is 3. The van der Waals surface area contributed by atoms with Crippen molar-refractivity contribution in [1.82, 2.24) is 14.5 Å². The van der Waals surface area contributed by atoms with Gasteiger partial charge in [0.2, 0.25) is 0 Å². The zero-order chi connectivity index (χ0) is 20.4. The summed E-state index contributed by atoms with van der Waals surface area (Å²) in [6.07, 6.45) is 4.73. The molecule has 0 unspecified atom stereocenters. The van der Waals surface area contributed by atoms with E-state index in [1.54, 1.807) is 32.4 Å². The van der Waals surface area contributed by atoms with Gasteiger partial charge in [-0.3, -0.25) is 9.59 Å². The Morgan fingerprint density at radius 2 is 1.79 bits per heavy atom. The van der Waals surface area contributed by atoms with Gasteiger partial charge in [0, 0.05) is 25.7 Å². The molecule has 4 rings (SSSR count). The van der Waals surface area contributed by atoms with Gasteiger partial charge in [-0.05, 0) is 44.2 Å². The Kier molecular flexibility index (Phi) is 5.42. The lowest BCUT2D eigenvalue weighted by Crippen LogP contribution is -2.31. The highest BCUT2D eigenvalue weighted by atomic mass is 16.5. The third-order valence-corrected chi connectivity index (χ3v) is 5.57. The van der Waals surface area contributed by atoms with Gasteiger partial charge in [0.05, 0.1) is 25.6 Å². The number of amides is 2. The van der Waals surface area contributed by atoms with Crippen molar-refractivity contribution in [3.63, 3.8) is 0 Å². The predicted molar refractivity (Wildman–Crippen MR) is 108 cm³/mol. The minimum atomic E-state index is -0.345. The van der Waals surface area contributed by atoms with Gasteiger partial charge in [-0.2, -0.15) is 0 Å². The van der Waals surface area contributed by atoms with E-state index in [1.807, 2.05) is 9.47 Å². The number of hydrogen-bond donors (Lipinski definition) is 1. The van der Waals surface area contributed by atoms with Crippen molar-refractivity contribution in [2.75, 3.05) is 32.6 Å². The number of nitrogens with one attached hydrogen (secondary N) is 1. The van der Waals surface area contributed by atoms with Gasteiger partial charge >= 0.3 is 0 Å². The van der Waals surface area contributed by atoms with Crippen molar-refractivity contribution >= 4 is 17.5 Å². The van der Waals surface area contributed by atoms with E-state index in [-0.39, 0.29) is 11.8 Å². The molecule has 154 valence electrons. The summed E-state index contributed by atoms with van der Waals surface area (Å²) in [5.41, 5.74) is 1.65. The monoisotopic (exact) mass is 398 g/mol. The van der Waals surface area contributed by atoms with E-state index in [2.05, 4.69) is 10.3 Å². The maximum absolute atomic E-state index is 13.1. The van der Waals surface area contributed by atoms with Crippen LogP contribution < -0.4 is 14.8 Å². The van der Waals surface area contributed by atoms with Crippen LogP contribution in [0.15, 0.2) is 18.2 Å². The topological polar surface area (TPSA) is 85.7 Å². The summed E-state index contributed by atoms with van der Waals surface area (Å²) in [6.45, 7) is 2.22. The van der Waals surface area contributed by atoms with E-state index in [0.717, 1.165) is 50.9 Å². The molecule has 8 nitrogen and oxygen atoms in total. The summed E-state index contributed by atoms with van der Waals surface area (Å²) in [6, 6.07) is 5.20. The molecule has 0 atom stereocenters. The SMILES string of the molecule is COc1ccc(OC)c(NC(=O)c2nc(C(=O)N3CCCC3)n3c2CCCC3)c1. The minimum absolute atomic E-state index is 0.0799. The molecule has 1 N–H and O–H groups in total. The van der Waals surface area contributed by atoms with Gasteiger partial charge in [0.25, 0.3) is 11.8 Å². The van der Waals surface area contributed by atoms with E-state index in [4.69, 9.17) is 9.47 Å². The number of rotatable bonds is 5. The maximum Gasteiger partial charge on any atom is 0.289 e. The third kappa shape index (κ3) is 3.66. The van der Waals surface area contributed by atoms with Gasteiger partial charge in [0.1, 0.15) is 11.5 Å². The van der Waals surface area contributed by atoms with Crippen LogP contribution in [0.25, 0.3) is 0 Å². The average molecular weight is 398 g/mol. The fraction of sp³-hybridized carbons (Fsp3) is 0.476. The predicted octanol–water partition coefficient (Wildman–Crippen LogP) is 2.72. The Bertz CT molecular complexity index is 931. The summed E-state index contributed by atoms with van der Waals surface area (Å²) in [4.78, 5) is 32.4. The van der Waals surface area contributed by atoms with Crippen LogP contribution in [0.2, 0.25) is 0 Å². The number of carbonyl (C=O) groups excluding carboxylic acids is 2. The molecule has 0 radical (unpaired) electrons. The Labute approximate surface area is 169 Å². The molecule has 2 aliphatic heterocycles. The Morgan fingerprint density at radius 1 is 1.03 bits per heavy atom. The molecule has 29 heavy (non-hydrogen) atoms. The van der Waals surface area contributed by atoms with E-state index in [1.165, 1.54) is 0 Å². The molecular formula is C21H26N4O4. The van der Waals surface area contributed by atoms with Crippen LogP contribution >= 0.6 is 0 Å². The van der Waals surface area contributed by atoms with E-state index in [9.17, 15) is 9.59 Å². The molecule has 1 saturated heterocycles. The number of fused-ring (bicyclic) bond motifs is 1. The summed E-state index contributed by atoms with van der Waals surface area (Å²) in [5, 5.41) is 2.88. The highest BCUT2D eigenvalue weighted by molar-refractivity contribution is 6.05. The lowest BCUT2D eigenvalue weighted by Gasteiger charge is -2.19. The number of imidazole rings is 1. The second-order valence-corrected chi connectivity index (χ2v) is 7.36. The molecule has 2 aliphatic rings. The van der Waals surface area contributed by atoms with Crippen molar-refractivity contribution in [3.05, 3.63) is 35.4 Å². The molecule has 2 amide bonds. The molecular weight excluding hydrogens is 372 g/mol. The van der Waals surface area contributed by atoms with Gasteiger partial charge in [-0.15, -0.1) is 0 Å². The Hall–Kier alpha value is -3.03. The minimum Gasteiger partial charge on any atom is -0.497 e. The number of hydrogen-bond acceptors (Lipinski definition) is 5. The fourth-order valence-corrected chi connectivity index (χ4v) is 4.04. The molecule has 0 spiro atoms. The number of methoxy groups -OCH3 is 2.